The predicted molar refractivity (Wildman–Crippen MR) is 152 cm³/mol. The van der Waals surface area contributed by atoms with Gasteiger partial charge >= 0.3 is 0 Å². The van der Waals surface area contributed by atoms with E-state index in [-0.39, 0.29) is 23.6 Å². The van der Waals surface area contributed by atoms with E-state index < -0.39 is 0 Å². The number of nitrogen functional groups attached to an aromatic ring is 1. The smallest absolute Gasteiger partial charge is 0.123 e. The average Bonchev–Trinajstić information content (AvgIpc) is 2.90. The molecule has 1 aliphatic rings. The second-order valence-electron chi connectivity index (χ2n) is 9.48. The summed E-state index contributed by atoms with van der Waals surface area (Å²) in [4.78, 5) is 4.91. The van der Waals surface area contributed by atoms with Crippen molar-refractivity contribution in [2.75, 3.05) is 45.0 Å². The van der Waals surface area contributed by atoms with Crippen molar-refractivity contribution in [1.29, 1.82) is 0 Å². The molecule has 200 valence electrons. The normalized spacial score (nSPS) is 17.8. The Morgan fingerprint density at radius 2 is 1.78 bits per heavy atom. The first-order valence-electron chi connectivity index (χ1n) is 13.0. The highest BCUT2D eigenvalue weighted by Gasteiger charge is 2.28. The van der Waals surface area contributed by atoms with E-state index in [0.717, 1.165) is 62.5 Å². The van der Waals surface area contributed by atoms with Gasteiger partial charge in [-0.15, -0.1) is 0 Å². The van der Waals surface area contributed by atoms with E-state index in [1.807, 2.05) is 43.3 Å². The predicted octanol–water partition coefficient (Wildman–Crippen LogP) is 6.83. The Balaban J connectivity index is 1.53. The summed E-state index contributed by atoms with van der Waals surface area (Å²) < 4.78 is 27.3. The van der Waals surface area contributed by atoms with Crippen LogP contribution >= 0.6 is 11.6 Å². The molecule has 2 aromatic rings. The van der Waals surface area contributed by atoms with Gasteiger partial charge < -0.3 is 16.0 Å². The minimum atomic E-state index is -0.247. The van der Waals surface area contributed by atoms with Crippen LogP contribution in [0.3, 0.4) is 0 Å². The molecule has 1 heterocycles. The van der Waals surface area contributed by atoms with Gasteiger partial charge in [-0.3, -0.25) is 4.90 Å². The van der Waals surface area contributed by atoms with Crippen LogP contribution in [0, 0.1) is 11.7 Å². The van der Waals surface area contributed by atoms with Crippen LogP contribution in [0.2, 0.25) is 5.02 Å². The van der Waals surface area contributed by atoms with E-state index in [4.69, 9.17) is 17.3 Å². The molecule has 0 bridgehead atoms. The zero-order valence-corrected chi connectivity index (χ0v) is 22.8. The molecular weight excluding hydrogens is 490 g/mol. The summed E-state index contributed by atoms with van der Waals surface area (Å²) in [5.41, 5.74) is 9.84. The summed E-state index contributed by atoms with van der Waals surface area (Å²) in [6.07, 6.45) is 7.93. The maximum atomic E-state index is 13.7. The monoisotopic (exact) mass is 528 g/mol. The summed E-state index contributed by atoms with van der Waals surface area (Å²) in [5.74, 6) is -0.418. The highest BCUT2D eigenvalue weighted by atomic mass is 35.5. The van der Waals surface area contributed by atoms with E-state index in [9.17, 15) is 8.78 Å². The fraction of sp³-hybridized carbons (Fsp3) is 0.400. The highest BCUT2D eigenvalue weighted by molar-refractivity contribution is 6.30. The Morgan fingerprint density at radius 1 is 1.08 bits per heavy atom. The molecule has 0 radical (unpaired) electrons. The largest absolute Gasteiger partial charge is 0.398 e. The molecule has 0 amide bonds. The van der Waals surface area contributed by atoms with Gasteiger partial charge in [-0.1, -0.05) is 48.9 Å². The highest BCUT2D eigenvalue weighted by Crippen LogP contribution is 2.31. The van der Waals surface area contributed by atoms with Gasteiger partial charge in [0.1, 0.15) is 11.6 Å². The molecule has 4 nitrogen and oxygen atoms in total. The van der Waals surface area contributed by atoms with Crippen LogP contribution in [-0.2, 0) is 0 Å². The van der Waals surface area contributed by atoms with Crippen molar-refractivity contribution in [3.63, 3.8) is 0 Å². The first kappa shape index (κ1) is 28.9. The van der Waals surface area contributed by atoms with Gasteiger partial charge in [0.15, 0.2) is 0 Å². The molecule has 0 saturated carbocycles. The standard InChI is InChI=1S/C30H39ClF2N4/c1-4-25(32)11-7-22(3)30(23-8-12-26(33)13-9-23)37-19-17-36(18-20-37)16-6-15-35-29(5-2)27-14-10-24(31)21-28(27)34/h4-5,7-14,21-22,30,35H,6,15-20,34H2,1-3H3/b11-7-,25-4+,29-5+. The van der Waals surface area contributed by atoms with Crippen molar-refractivity contribution in [3.8, 4) is 0 Å². The van der Waals surface area contributed by atoms with Gasteiger partial charge in [0.2, 0.25) is 0 Å². The number of nitrogens with two attached hydrogens (primary N) is 1. The summed E-state index contributed by atoms with van der Waals surface area (Å²) in [5, 5.41) is 4.14. The Morgan fingerprint density at radius 3 is 2.41 bits per heavy atom. The molecule has 1 fully saturated rings. The van der Waals surface area contributed by atoms with Crippen molar-refractivity contribution in [2.24, 2.45) is 5.92 Å². The Kier molecular flexibility index (Phi) is 11.2. The number of benzene rings is 2. The molecule has 0 aliphatic carbocycles. The average molecular weight is 529 g/mol. The number of rotatable bonds is 11. The number of allylic oxidation sites excluding steroid dienone is 4. The van der Waals surface area contributed by atoms with E-state index in [2.05, 4.69) is 22.0 Å². The van der Waals surface area contributed by atoms with Gasteiger partial charge in [-0.25, -0.2) is 8.78 Å². The van der Waals surface area contributed by atoms with Gasteiger partial charge in [-0.2, -0.15) is 0 Å². The van der Waals surface area contributed by atoms with Gasteiger partial charge in [-0.05, 0) is 74.7 Å². The van der Waals surface area contributed by atoms with Gasteiger partial charge in [0, 0.05) is 60.7 Å². The third kappa shape index (κ3) is 8.42. The van der Waals surface area contributed by atoms with Gasteiger partial charge in [0.05, 0.1) is 0 Å². The molecule has 3 rings (SSSR count). The number of anilines is 1. The lowest BCUT2D eigenvalue weighted by atomic mass is 9.91. The van der Waals surface area contributed by atoms with Crippen LogP contribution in [0.5, 0.6) is 0 Å². The number of nitrogens with one attached hydrogen (secondary N) is 1. The maximum Gasteiger partial charge on any atom is 0.123 e. The molecule has 1 saturated heterocycles. The van der Waals surface area contributed by atoms with Crippen LogP contribution in [0.25, 0.3) is 5.70 Å². The van der Waals surface area contributed by atoms with E-state index in [1.54, 1.807) is 13.0 Å². The first-order chi connectivity index (χ1) is 17.8. The van der Waals surface area contributed by atoms with Crippen LogP contribution in [0.15, 0.2) is 72.6 Å². The summed E-state index contributed by atoms with van der Waals surface area (Å²) >= 11 is 6.04. The molecule has 3 N–H and O–H groups in total. The Labute approximate surface area is 225 Å². The molecule has 2 atom stereocenters. The Hall–Kier alpha value is -2.67. The molecule has 1 aliphatic heterocycles. The lowest BCUT2D eigenvalue weighted by Gasteiger charge is -2.41. The summed E-state index contributed by atoms with van der Waals surface area (Å²) in [6, 6.07) is 12.3. The van der Waals surface area contributed by atoms with E-state index in [1.165, 1.54) is 24.3 Å². The number of nitrogens with zero attached hydrogens (tertiary/aromatic N) is 2. The van der Waals surface area contributed by atoms with Crippen LogP contribution in [0.1, 0.15) is 44.4 Å². The first-order valence-corrected chi connectivity index (χ1v) is 13.4. The lowest BCUT2D eigenvalue weighted by molar-refractivity contribution is 0.0805. The van der Waals surface area contributed by atoms with Crippen molar-refractivity contribution in [2.45, 2.75) is 33.2 Å². The van der Waals surface area contributed by atoms with Crippen molar-refractivity contribution < 1.29 is 8.78 Å². The summed E-state index contributed by atoms with van der Waals surface area (Å²) in [6.45, 7) is 11.3. The quantitative estimate of drug-likeness (QED) is 0.191. The van der Waals surface area contributed by atoms with Crippen LogP contribution < -0.4 is 11.1 Å². The fourth-order valence-corrected chi connectivity index (χ4v) is 5.06. The molecular formula is C30H39ClF2N4. The minimum absolute atomic E-state index is 0.0624. The van der Waals surface area contributed by atoms with Gasteiger partial charge in [0.25, 0.3) is 0 Å². The third-order valence-electron chi connectivity index (χ3n) is 6.90. The lowest BCUT2D eigenvalue weighted by Crippen LogP contribution is -2.49. The van der Waals surface area contributed by atoms with Crippen molar-refractivity contribution >= 4 is 23.0 Å². The second kappa shape index (κ2) is 14.3. The number of piperazine rings is 1. The fourth-order valence-electron chi connectivity index (χ4n) is 4.87. The molecule has 0 aromatic heterocycles. The number of hydrogen-bond acceptors (Lipinski definition) is 4. The minimum Gasteiger partial charge on any atom is -0.398 e. The van der Waals surface area contributed by atoms with Crippen LogP contribution in [-0.4, -0.2) is 49.1 Å². The van der Waals surface area contributed by atoms with Crippen molar-refractivity contribution in [3.05, 3.63) is 94.6 Å². The number of halogens is 3. The zero-order valence-electron chi connectivity index (χ0n) is 22.1. The second-order valence-corrected chi connectivity index (χ2v) is 9.92. The van der Waals surface area contributed by atoms with Crippen molar-refractivity contribution in [1.82, 2.24) is 15.1 Å². The molecule has 0 spiro atoms. The number of hydrogen-bond donors (Lipinski definition) is 2. The Bertz CT molecular complexity index is 1090. The molecule has 2 unspecified atom stereocenters. The summed E-state index contributed by atoms with van der Waals surface area (Å²) in [7, 11) is 0. The maximum absolute atomic E-state index is 13.7. The SMILES string of the molecule is C/C=C(F)\C=C/C(C)C(c1ccc(F)cc1)N1CCN(CCCN/C(=C/C)c2ccc(Cl)cc2N)CC1. The van der Waals surface area contributed by atoms with Crippen LogP contribution in [0.4, 0.5) is 14.5 Å². The molecule has 37 heavy (non-hydrogen) atoms. The third-order valence-corrected chi connectivity index (χ3v) is 7.14. The van der Waals surface area contributed by atoms with E-state index in [0.29, 0.717) is 10.7 Å². The topological polar surface area (TPSA) is 44.5 Å². The zero-order chi connectivity index (χ0) is 26.8. The molecule has 2 aromatic carbocycles. The molecule has 7 heteroatoms. The van der Waals surface area contributed by atoms with E-state index >= 15 is 0 Å².